The average molecular weight is 272 g/mol. The largest absolute Gasteiger partial charge is 0.536 e. The van der Waals surface area contributed by atoms with Crippen molar-refractivity contribution in [1.82, 2.24) is 0 Å². The molecule has 1 aromatic rings. The maximum atomic E-state index is 9.39. The molecule has 0 aliphatic rings. The second-order valence-corrected chi connectivity index (χ2v) is 9.60. The Bertz CT molecular complexity index is 308. The van der Waals surface area contributed by atoms with Crippen LogP contribution in [0, 0.1) is 0 Å². The molecule has 0 radical (unpaired) electrons. The monoisotopic (exact) mass is 272 g/mol. The standard InChI is InChI=1S/C13H24O2SSi/c1-4-7-17(8-5-2,9-6-3)15-13-10-12(14)11-16-13/h10-11,14H,4-9H2,1-3H3. The normalized spacial score (nSPS) is 11.7. The maximum absolute atomic E-state index is 9.39. The summed E-state index contributed by atoms with van der Waals surface area (Å²) in [5.41, 5.74) is 0. The Morgan fingerprint density at radius 1 is 1.12 bits per heavy atom. The molecule has 0 saturated heterocycles. The third-order valence-corrected chi connectivity index (χ3v) is 8.82. The summed E-state index contributed by atoms with van der Waals surface area (Å²) in [5.74, 6) is 0.331. The van der Waals surface area contributed by atoms with Crippen LogP contribution >= 0.6 is 11.3 Å². The van der Waals surface area contributed by atoms with Crippen LogP contribution in [0.4, 0.5) is 0 Å². The third-order valence-electron chi connectivity index (χ3n) is 3.00. The fourth-order valence-electron chi connectivity index (χ4n) is 2.47. The summed E-state index contributed by atoms with van der Waals surface area (Å²) in [6.07, 6.45) is 3.59. The molecule has 1 rings (SSSR count). The van der Waals surface area contributed by atoms with Gasteiger partial charge in [0.15, 0.2) is 5.06 Å². The minimum Gasteiger partial charge on any atom is -0.536 e. The molecule has 0 saturated carbocycles. The van der Waals surface area contributed by atoms with Crippen LogP contribution < -0.4 is 4.43 Å². The Hall–Kier alpha value is -0.483. The van der Waals surface area contributed by atoms with Gasteiger partial charge in [0.1, 0.15) is 5.75 Å². The van der Waals surface area contributed by atoms with Crippen LogP contribution in [-0.4, -0.2) is 13.4 Å². The van der Waals surface area contributed by atoms with E-state index in [9.17, 15) is 5.11 Å². The Kier molecular flexibility index (Phi) is 6.06. The van der Waals surface area contributed by atoms with Gasteiger partial charge in [-0.25, -0.2) is 0 Å². The van der Waals surface area contributed by atoms with Crippen molar-refractivity contribution in [2.75, 3.05) is 0 Å². The molecule has 0 unspecified atom stereocenters. The van der Waals surface area contributed by atoms with Crippen molar-refractivity contribution in [2.45, 2.75) is 58.2 Å². The SMILES string of the molecule is CCC[Si](CCC)(CCC)Oc1cc(O)cs1. The molecular formula is C13H24O2SSi. The molecule has 0 bridgehead atoms. The van der Waals surface area contributed by atoms with Gasteiger partial charge in [-0.3, -0.25) is 0 Å². The first-order valence-corrected chi connectivity index (χ1v) is 10.0. The van der Waals surface area contributed by atoms with Gasteiger partial charge in [-0.1, -0.05) is 40.0 Å². The smallest absolute Gasteiger partial charge is 0.252 e. The third kappa shape index (κ3) is 4.35. The summed E-state index contributed by atoms with van der Waals surface area (Å²) in [6, 6.07) is 5.45. The van der Waals surface area contributed by atoms with Gasteiger partial charge in [-0.15, -0.1) is 11.3 Å². The van der Waals surface area contributed by atoms with Gasteiger partial charge in [0, 0.05) is 11.4 Å². The summed E-state index contributed by atoms with van der Waals surface area (Å²) < 4.78 is 6.34. The van der Waals surface area contributed by atoms with E-state index in [1.807, 2.05) is 0 Å². The lowest BCUT2D eigenvalue weighted by atomic mass is 10.6. The molecule has 1 aromatic heterocycles. The number of thiophene rings is 1. The van der Waals surface area contributed by atoms with E-state index in [1.165, 1.54) is 48.7 Å². The van der Waals surface area contributed by atoms with Crippen LogP contribution in [0.3, 0.4) is 0 Å². The van der Waals surface area contributed by atoms with Crippen molar-refractivity contribution in [2.24, 2.45) is 0 Å². The highest BCUT2D eigenvalue weighted by Gasteiger charge is 2.34. The second-order valence-electron chi connectivity index (χ2n) is 4.66. The van der Waals surface area contributed by atoms with Crippen LogP contribution in [0.5, 0.6) is 10.8 Å². The van der Waals surface area contributed by atoms with Crippen LogP contribution in [-0.2, 0) is 0 Å². The lowest BCUT2D eigenvalue weighted by Gasteiger charge is -2.30. The predicted molar refractivity (Wildman–Crippen MR) is 77.7 cm³/mol. The van der Waals surface area contributed by atoms with Gasteiger partial charge < -0.3 is 9.53 Å². The molecule has 0 fully saturated rings. The first kappa shape index (κ1) is 14.6. The molecule has 0 amide bonds. The van der Waals surface area contributed by atoms with Crippen LogP contribution in [0.25, 0.3) is 0 Å². The second kappa shape index (κ2) is 7.06. The van der Waals surface area contributed by atoms with Gasteiger partial charge in [0.25, 0.3) is 8.32 Å². The molecule has 0 atom stereocenters. The van der Waals surface area contributed by atoms with E-state index in [1.54, 1.807) is 11.4 Å². The fraction of sp³-hybridized carbons (Fsp3) is 0.692. The molecule has 2 nitrogen and oxygen atoms in total. The molecular weight excluding hydrogens is 248 g/mol. The zero-order valence-electron chi connectivity index (χ0n) is 11.2. The lowest BCUT2D eigenvalue weighted by Crippen LogP contribution is -2.40. The van der Waals surface area contributed by atoms with Crippen molar-refractivity contribution >= 4 is 19.7 Å². The van der Waals surface area contributed by atoms with E-state index < -0.39 is 8.32 Å². The quantitative estimate of drug-likeness (QED) is 0.674. The van der Waals surface area contributed by atoms with Gasteiger partial charge in [-0.2, -0.15) is 0 Å². The van der Waals surface area contributed by atoms with E-state index in [0.717, 1.165) is 5.06 Å². The Balaban J connectivity index is 2.79. The van der Waals surface area contributed by atoms with Crippen LogP contribution in [0.1, 0.15) is 40.0 Å². The van der Waals surface area contributed by atoms with E-state index in [-0.39, 0.29) is 0 Å². The maximum Gasteiger partial charge on any atom is 0.252 e. The topological polar surface area (TPSA) is 29.5 Å². The molecule has 1 N–H and O–H groups in total. The number of hydrogen-bond acceptors (Lipinski definition) is 3. The summed E-state index contributed by atoms with van der Waals surface area (Å²) >= 11 is 1.52. The van der Waals surface area contributed by atoms with Crippen molar-refractivity contribution in [3.63, 3.8) is 0 Å². The fourth-order valence-corrected chi connectivity index (χ4v) is 7.96. The zero-order valence-corrected chi connectivity index (χ0v) is 13.0. The first-order valence-electron chi connectivity index (χ1n) is 6.62. The van der Waals surface area contributed by atoms with Gasteiger partial charge in [0.05, 0.1) is 0 Å². The Morgan fingerprint density at radius 2 is 1.65 bits per heavy atom. The average Bonchev–Trinajstić information content (AvgIpc) is 2.65. The first-order chi connectivity index (χ1) is 8.15. The number of hydrogen-bond donors (Lipinski definition) is 1. The summed E-state index contributed by atoms with van der Waals surface area (Å²) in [6.45, 7) is 6.72. The zero-order chi connectivity index (χ0) is 12.7. The van der Waals surface area contributed by atoms with Crippen LogP contribution in [0.15, 0.2) is 11.4 Å². The van der Waals surface area contributed by atoms with Crippen molar-refractivity contribution in [3.8, 4) is 10.8 Å². The van der Waals surface area contributed by atoms with Gasteiger partial charge in [0.2, 0.25) is 0 Å². The highest BCUT2D eigenvalue weighted by molar-refractivity contribution is 7.12. The van der Waals surface area contributed by atoms with E-state index >= 15 is 0 Å². The van der Waals surface area contributed by atoms with E-state index in [4.69, 9.17) is 4.43 Å². The number of aromatic hydroxyl groups is 1. The highest BCUT2D eigenvalue weighted by Crippen LogP contribution is 2.34. The lowest BCUT2D eigenvalue weighted by molar-refractivity contribution is 0.473. The van der Waals surface area contributed by atoms with Crippen LogP contribution in [0.2, 0.25) is 18.1 Å². The highest BCUT2D eigenvalue weighted by atomic mass is 32.1. The van der Waals surface area contributed by atoms with Gasteiger partial charge >= 0.3 is 0 Å². The Morgan fingerprint density at radius 3 is 2.00 bits per heavy atom. The van der Waals surface area contributed by atoms with Crippen molar-refractivity contribution in [1.29, 1.82) is 0 Å². The molecule has 0 aliphatic carbocycles. The molecule has 4 heteroatoms. The number of rotatable bonds is 8. The van der Waals surface area contributed by atoms with E-state index in [2.05, 4.69) is 20.8 Å². The minimum atomic E-state index is -1.62. The summed E-state index contributed by atoms with van der Waals surface area (Å²) in [4.78, 5) is 0. The molecule has 0 aliphatic heterocycles. The van der Waals surface area contributed by atoms with Crippen molar-refractivity contribution in [3.05, 3.63) is 11.4 Å². The molecule has 17 heavy (non-hydrogen) atoms. The molecule has 1 heterocycles. The molecule has 98 valence electrons. The predicted octanol–water partition coefficient (Wildman–Crippen LogP) is 5.01. The molecule has 0 spiro atoms. The Labute approximate surface area is 110 Å². The van der Waals surface area contributed by atoms with Crippen molar-refractivity contribution < 1.29 is 9.53 Å². The summed E-state index contributed by atoms with van der Waals surface area (Å²) in [5, 5.41) is 12.0. The molecule has 0 aromatic carbocycles. The van der Waals surface area contributed by atoms with E-state index in [0.29, 0.717) is 5.75 Å². The summed E-state index contributed by atoms with van der Waals surface area (Å²) in [7, 11) is -1.62. The van der Waals surface area contributed by atoms with Gasteiger partial charge in [-0.05, 0) is 18.1 Å². The minimum absolute atomic E-state index is 0.331.